The number of halogens is 2. The predicted molar refractivity (Wildman–Crippen MR) is 110 cm³/mol. The van der Waals surface area contributed by atoms with Gasteiger partial charge >= 0.3 is 18.4 Å². The molecule has 0 saturated carbocycles. The second-order valence-electron chi connectivity index (χ2n) is 7.35. The number of alkyl halides is 2. The molecule has 0 aromatic heterocycles. The van der Waals surface area contributed by atoms with Gasteiger partial charge in [-0.1, -0.05) is 18.6 Å². The van der Waals surface area contributed by atoms with Crippen molar-refractivity contribution in [2.45, 2.75) is 59.5 Å². The number of allylic oxidation sites excluding steroid dienone is 2. The van der Waals surface area contributed by atoms with Crippen molar-refractivity contribution in [3.05, 3.63) is 33.9 Å². The smallest absolute Gasteiger partial charge is 0.341 e. The summed E-state index contributed by atoms with van der Waals surface area (Å²) >= 11 is 0. The predicted octanol–water partition coefficient (Wildman–Crippen LogP) is 4.04. The number of nitrogens with zero attached hydrogens (tertiary/aromatic N) is 1. The van der Waals surface area contributed by atoms with Gasteiger partial charge in [-0.2, -0.15) is 8.78 Å². The monoisotopic (exact) mass is 439 g/mol. The lowest BCUT2D eigenvalue weighted by Gasteiger charge is -2.28. The Labute approximate surface area is 179 Å². The molecular weight excluding hydrogens is 412 g/mol. The molecule has 0 radical (unpaired) electrons. The second kappa shape index (κ2) is 10.4. The van der Waals surface area contributed by atoms with Crippen LogP contribution in [0.5, 0.6) is 5.75 Å². The topological polar surface area (TPSA) is 93.1 Å². The SMILES string of the molecule is CCCN(C(=O)C(F)F)c1c(C/C=C(\C)CCC(=O)O)c(OC)c(C)c2c1C(=O)OC2. The fourth-order valence-electron chi connectivity index (χ4n) is 3.68. The van der Waals surface area contributed by atoms with Crippen molar-refractivity contribution in [1.29, 1.82) is 0 Å². The van der Waals surface area contributed by atoms with Crippen LogP contribution in [-0.4, -0.2) is 43.0 Å². The first-order valence-corrected chi connectivity index (χ1v) is 10.00. The van der Waals surface area contributed by atoms with Crippen LogP contribution in [0.3, 0.4) is 0 Å². The number of anilines is 1. The van der Waals surface area contributed by atoms with E-state index in [1.807, 2.05) is 0 Å². The minimum Gasteiger partial charge on any atom is -0.496 e. The number of cyclic esters (lactones) is 1. The number of carbonyl (C=O) groups is 3. The van der Waals surface area contributed by atoms with Crippen LogP contribution >= 0.6 is 0 Å². The summed E-state index contributed by atoms with van der Waals surface area (Å²) in [5, 5.41) is 8.88. The molecule has 0 bridgehead atoms. The summed E-state index contributed by atoms with van der Waals surface area (Å²) < 4.78 is 37.5. The van der Waals surface area contributed by atoms with E-state index in [4.69, 9.17) is 14.6 Å². The lowest BCUT2D eigenvalue weighted by molar-refractivity contribution is -0.137. The summed E-state index contributed by atoms with van der Waals surface area (Å²) in [7, 11) is 1.43. The standard InChI is InChI=1S/C22H27F2NO6/c1-5-10-25(21(28)20(23)24)18-14(8-6-12(2)7-9-16(26)27)19(30-4)13(3)15-11-31-22(29)17(15)18/h6,20H,5,7-11H2,1-4H3,(H,26,27)/b12-6+. The number of hydrogen-bond donors (Lipinski definition) is 1. The number of hydrogen-bond acceptors (Lipinski definition) is 5. The van der Waals surface area contributed by atoms with Crippen molar-refractivity contribution in [2.75, 3.05) is 18.6 Å². The van der Waals surface area contributed by atoms with Crippen LogP contribution in [0.4, 0.5) is 14.5 Å². The average molecular weight is 439 g/mol. The van der Waals surface area contributed by atoms with Crippen LogP contribution < -0.4 is 9.64 Å². The summed E-state index contributed by atoms with van der Waals surface area (Å²) in [6.45, 7) is 5.21. The minimum absolute atomic E-state index is 0.0101. The number of methoxy groups -OCH3 is 1. The van der Waals surface area contributed by atoms with Crippen LogP contribution in [0.25, 0.3) is 0 Å². The maximum atomic E-state index is 13.4. The molecule has 1 N–H and O–H groups in total. The Balaban J connectivity index is 2.71. The quantitative estimate of drug-likeness (QED) is 0.437. The van der Waals surface area contributed by atoms with Gasteiger partial charge in [-0.25, -0.2) is 4.79 Å². The number of esters is 1. The van der Waals surface area contributed by atoms with Crippen LogP contribution in [-0.2, 0) is 27.4 Å². The Morgan fingerprint density at radius 2 is 2.00 bits per heavy atom. The number of ether oxygens (including phenoxy) is 2. The molecule has 170 valence electrons. The molecule has 0 spiro atoms. The summed E-state index contributed by atoms with van der Waals surface area (Å²) in [6.07, 6.45) is -0.657. The van der Waals surface area contributed by atoms with Crippen molar-refractivity contribution >= 4 is 23.5 Å². The summed E-state index contributed by atoms with van der Waals surface area (Å²) in [4.78, 5) is 36.7. The molecular formula is C22H27F2NO6. The van der Waals surface area contributed by atoms with Crippen molar-refractivity contribution < 1.29 is 37.7 Å². The zero-order valence-corrected chi connectivity index (χ0v) is 18.1. The van der Waals surface area contributed by atoms with Crippen molar-refractivity contribution in [3.8, 4) is 5.75 Å². The van der Waals surface area contributed by atoms with Gasteiger partial charge in [0.25, 0.3) is 5.91 Å². The molecule has 0 saturated heterocycles. The fourth-order valence-corrected chi connectivity index (χ4v) is 3.68. The first-order chi connectivity index (χ1) is 14.6. The van der Waals surface area contributed by atoms with Crippen LogP contribution in [0.2, 0.25) is 0 Å². The highest BCUT2D eigenvalue weighted by molar-refractivity contribution is 6.07. The molecule has 9 heteroatoms. The van der Waals surface area contributed by atoms with Gasteiger partial charge in [0.15, 0.2) is 0 Å². The van der Waals surface area contributed by atoms with E-state index in [9.17, 15) is 23.2 Å². The molecule has 1 aliphatic rings. The van der Waals surface area contributed by atoms with E-state index in [0.29, 0.717) is 35.3 Å². The number of amides is 1. The van der Waals surface area contributed by atoms with E-state index in [2.05, 4.69) is 0 Å². The first-order valence-electron chi connectivity index (χ1n) is 10.00. The van der Waals surface area contributed by atoms with E-state index in [1.54, 1.807) is 26.8 Å². The summed E-state index contributed by atoms with van der Waals surface area (Å²) in [5.74, 6) is -2.62. The number of carbonyl (C=O) groups excluding carboxylic acids is 2. The number of carboxylic acids is 1. The Kier molecular flexibility index (Phi) is 8.13. The zero-order valence-electron chi connectivity index (χ0n) is 18.1. The van der Waals surface area contributed by atoms with E-state index >= 15 is 0 Å². The molecule has 7 nitrogen and oxygen atoms in total. The molecule has 0 aliphatic carbocycles. The summed E-state index contributed by atoms with van der Waals surface area (Å²) in [5.41, 5.74) is 2.52. The third-order valence-electron chi connectivity index (χ3n) is 5.21. The molecule has 1 heterocycles. The molecule has 0 atom stereocenters. The number of carboxylic acid groups (broad SMARTS) is 1. The summed E-state index contributed by atoms with van der Waals surface area (Å²) in [6, 6.07) is 0. The molecule has 1 aromatic rings. The lowest BCUT2D eigenvalue weighted by Crippen LogP contribution is -2.38. The van der Waals surface area contributed by atoms with Gasteiger partial charge in [0.05, 0.1) is 18.4 Å². The van der Waals surface area contributed by atoms with Gasteiger partial charge in [-0.05, 0) is 38.7 Å². The Morgan fingerprint density at radius 3 is 2.55 bits per heavy atom. The van der Waals surface area contributed by atoms with Crippen LogP contribution in [0, 0.1) is 6.92 Å². The Morgan fingerprint density at radius 1 is 1.32 bits per heavy atom. The molecule has 1 aromatic carbocycles. The average Bonchev–Trinajstić information content (AvgIpc) is 3.10. The first kappa shape index (κ1) is 24.3. The third-order valence-corrected chi connectivity index (χ3v) is 5.21. The number of rotatable bonds is 10. The van der Waals surface area contributed by atoms with Crippen LogP contribution in [0.15, 0.2) is 11.6 Å². The molecule has 1 amide bonds. The molecule has 2 rings (SSSR count). The van der Waals surface area contributed by atoms with Gasteiger partial charge in [-0.15, -0.1) is 0 Å². The Bertz CT molecular complexity index is 910. The molecule has 31 heavy (non-hydrogen) atoms. The molecule has 0 unspecified atom stereocenters. The third kappa shape index (κ3) is 5.21. The van der Waals surface area contributed by atoms with E-state index in [1.165, 1.54) is 7.11 Å². The van der Waals surface area contributed by atoms with Crippen LogP contribution in [0.1, 0.15) is 60.2 Å². The van der Waals surface area contributed by atoms with Gasteiger partial charge in [0, 0.05) is 24.1 Å². The highest BCUT2D eigenvalue weighted by atomic mass is 19.3. The highest BCUT2D eigenvalue weighted by Crippen LogP contribution is 2.43. The minimum atomic E-state index is -3.24. The maximum Gasteiger partial charge on any atom is 0.341 e. The number of benzene rings is 1. The second-order valence-corrected chi connectivity index (χ2v) is 7.35. The Hall–Kier alpha value is -2.97. The van der Waals surface area contributed by atoms with Gasteiger partial charge in [0.1, 0.15) is 12.4 Å². The maximum absolute atomic E-state index is 13.4. The molecule has 1 aliphatic heterocycles. The normalized spacial score (nSPS) is 13.3. The van der Waals surface area contributed by atoms with E-state index in [-0.39, 0.29) is 37.2 Å². The fraction of sp³-hybridized carbons (Fsp3) is 0.500. The van der Waals surface area contributed by atoms with Gasteiger partial charge < -0.3 is 19.5 Å². The van der Waals surface area contributed by atoms with E-state index in [0.717, 1.165) is 10.5 Å². The van der Waals surface area contributed by atoms with Crippen molar-refractivity contribution in [3.63, 3.8) is 0 Å². The van der Waals surface area contributed by atoms with Gasteiger partial charge in [-0.3, -0.25) is 9.59 Å². The van der Waals surface area contributed by atoms with Crippen molar-refractivity contribution in [1.82, 2.24) is 0 Å². The molecule has 0 fully saturated rings. The zero-order chi connectivity index (χ0) is 23.3. The van der Waals surface area contributed by atoms with Gasteiger partial charge in [0.2, 0.25) is 0 Å². The van der Waals surface area contributed by atoms with E-state index < -0.39 is 24.3 Å². The largest absolute Gasteiger partial charge is 0.496 e. The number of fused-ring (bicyclic) bond motifs is 1. The highest BCUT2D eigenvalue weighted by Gasteiger charge is 2.37. The lowest BCUT2D eigenvalue weighted by atomic mass is 9.92. The van der Waals surface area contributed by atoms with Crippen molar-refractivity contribution in [2.24, 2.45) is 0 Å². The number of aliphatic carboxylic acids is 1.